The average Bonchev–Trinajstić information content (AvgIpc) is 3.35. The number of hydrogen-bond donors (Lipinski definition) is 3. The summed E-state index contributed by atoms with van der Waals surface area (Å²) in [5, 5.41) is 17.5. The fourth-order valence-electron chi connectivity index (χ4n) is 4.00. The third-order valence-electron chi connectivity index (χ3n) is 5.87. The van der Waals surface area contributed by atoms with Crippen LogP contribution in [0.25, 0.3) is 0 Å². The highest BCUT2D eigenvalue weighted by Crippen LogP contribution is 2.31. The number of aryl methyl sites for hydroxylation is 1. The molecule has 4 rings (SSSR count). The topological polar surface area (TPSA) is 119 Å². The summed E-state index contributed by atoms with van der Waals surface area (Å²) in [5.74, 6) is 0.140. The Kier molecular flexibility index (Phi) is 8.87. The van der Waals surface area contributed by atoms with Crippen molar-refractivity contribution in [2.75, 3.05) is 33.4 Å². The zero-order valence-electron chi connectivity index (χ0n) is 20.4. The highest BCUT2D eigenvalue weighted by atomic mass is 16.5. The van der Waals surface area contributed by atoms with Crippen LogP contribution in [-0.2, 0) is 24.2 Å². The van der Waals surface area contributed by atoms with E-state index in [1.54, 1.807) is 22.9 Å². The van der Waals surface area contributed by atoms with Crippen molar-refractivity contribution in [2.24, 2.45) is 0 Å². The second kappa shape index (κ2) is 12.7. The summed E-state index contributed by atoms with van der Waals surface area (Å²) < 4.78 is 13.3. The first kappa shape index (κ1) is 25.2. The quantitative estimate of drug-likeness (QED) is 0.505. The van der Waals surface area contributed by atoms with Gasteiger partial charge in [-0.1, -0.05) is 41.6 Å². The number of para-hydroxylation sites is 1. The first-order chi connectivity index (χ1) is 17.6. The molecule has 2 amide bonds. The molecule has 0 unspecified atom stereocenters. The molecule has 0 saturated carbocycles. The van der Waals surface area contributed by atoms with Gasteiger partial charge in [-0.25, -0.2) is 0 Å². The van der Waals surface area contributed by atoms with E-state index in [-0.39, 0.29) is 5.91 Å². The number of nitrogens with zero attached hydrogens (tertiary/aromatic N) is 3. The lowest BCUT2D eigenvalue weighted by Crippen LogP contribution is -2.49. The van der Waals surface area contributed by atoms with E-state index in [4.69, 9.17) is 9.47 Å². The number of nitrogens with one attached hydrogen (secondary N) is 3. The second-order valence-electron chi connectivity index (χ2n) is 8.52. The van der Waals surface area contributed by atoms with Crippen LogP contribution in [0.5, 0.6) is 11.5 Å². The van der Waals surface area contributed by atoms with E-state index >= 15 is 0 Å². The number of carbonyl (C=O) groups excluding carboxylic acids is 2. The zero-order valence-corrected chi connectivity index (χ0v) is 20.4. The maximum Gasteiger partial charge on any atom is 0.255 e. The molecular formula is C26H32N6O4. The Morgan fingerprint density at radius 1 is 1.08 bits per heavy atom. The molecule has 0 fully saturated rings. The number of carbonyl (C=O) groups is 2. The van der Waals surface area contributed by atoms with Gasteiger partial charge in [-0.05, 0) is 17.7 Å². The summed E-state index contributed by atoms with van der Waals surface area (Å²) >= 11 is 0. The Balaban J connectivity index is 1.57. The Morgan fingerprint density at radius 3 is 2.78 bits per heavy atom. The number of rotatable bonds is 3. The highest BCUT2D eigenvalue weighted by Gasteiger charge is 2.25. The van der Waals surface area contributed by atoms with E-state index in [0.29, 0.717) is 56.1 Å². The van der Waals surface area contributed by atoms with Crippen molar-refractivity contribution in [1.82, 2.24) is 30.9 Å². The molecule has 3 aromatic rings. The van der Waals surface area contributed by atoms with E-state index < -0.39 is 11.9 Å². The lowest BCUT2D eigenvalue weighted by Gasteiger charge is -2.20. The first-order valence-corrected chi connectivity index (χ1v) is 12.2. The van der Waals surface area contributed by atoms with Crippen molar-refractivity contribution in [3.05, 3.63) is 71.5 Å². The van der Waals surface area contributed by atoms with Crippen molar-refractivity contribution in [2.45, 2.75) is 31.8 Å². The van der Waals surface area contributed by atoms with Crippen LogP contribution in [-0.4, -0.2) is 66.2 Å². The Bertz CT molecular complexity index is 1150. The standard InChI is InChI=1S/C26H32N6O4/c1-35-23-10-5-9-21-24(23)36-16-6-15-32-18-20(30-31-32)11-12-27-13-14-28-26(34)22(29-25(21)33)17-19-7-3-2-4-8-19/h2-5,7-10,18,22,27H,6,11-17H2,1H3,(H,28,34)(H,29,33)/t22-/m0/s1. The third kappa shape index (κ3) is 6.82. The Hall–Kier alpha value is -3.92. The van der Waals surface area contributed by atoms with Gasteiger partial charge in [-0.3, -0.25) is 14.3 Å². The van der Waals surface area contributed by atoms with Gasteiger partial charge in [0.1, 0.15) is 6.04 Å². The summed E-state index contributed by atoms with van der Waals surface area (Å²) in [5.41, 5.74) is 2.15. The van der Waals surface area contributed by atoms with Crippen LogP contribution in [0.2, 0.25) is 0 Å². The molecule has 190 valence electrons. The molecule has 0 aliphatic carbocycles. The molecule has 1 aliphatic rings. The highest BCUT2D eigenvalue weighted by molar-refractivity contribution is 6.00. The molecule has 2 aromatic carbocycles. The number of aromatic nitrogens is 3. The van der Waals surface area contributed by atoms with Crippen molar-refractivity contribution in [3.8, 4) is 11.5 Å². The molecule has 3 N–H and O–H groups in total. The predicted octanol–water partition coefficient (Wildman–Crippen LogP) is 1.36. The maximum absolute atomic E-state index is 13.4. The molecule has 1 atom stereocenters. The first-order valence-electron chi connectivity index (χ1n) is 12.2. The van der Waals surface area contributed by atoms with Gasteiger partial charge >= 0.3 is 0 Å². The monoisotopic (exact) mass is 492 g/mol. The second-order valence-corrected chi connectivity index (χ2v) is 8.52. The van der Waals surface area contributed by atoms with E-state index in [1.165, 1.54) is 7.11 Å². The minimum atomic E-state index is -0.755. The van der Waals surface area contributed by atoms with Gasteiger partial charge < -0.3 is 25.4 Å². The normalized spacial score (nSPS) is 17.9. The summed E-state index contributed by atoms with van der Waals surface area (Å²) in [4.78, 5) is 26.5. The van der Waals surface area contributed by atoms with Gasteiger partial charge in [0.2, 0.25) is 5.91 Å². The zero-order chi connectivity index (χ0) is 25.2. The average molecular weight is 493 g/mol. The maximum atomic E-state index is 13.4. The van der Waals surface area contributed by atoms with Crippen LogP contribution in [0.3, 0.4) is 0 Å². The van der Waals surface area contributed by atoms with Crippen LogP contribution in [0.15, 0.2) is 54.7 Å². The van der Waals surface area contributed by atoms with E-state index in [0.717, 1.165) is 24.2 Å². The van der Waals surface area contributed by atoms with Crippen molar-refractivity contribution >= 4 is 11.8 Å². The van der Waals surface area contributed by atoms with Gasteiger partial charge in [0.15, 0.2) is 11.5 Å². The fourth-order valence-corrected chi connectivity index (χ4v) is 4.00. The lowest BCUT2D eigenvalue weighted by molar-refractivity contribution is -0.122. The molecule has 0 radical (unpaired) electrons. The molecule has 2 heterocycles. The van der Waals surface area contributed by atoms with Gasteiger partial charge in [0.05, 0.1) is 25.0 Å². The van der Waals surface area contributed by atoms with Gasteiger partial charge in [-0.15, -0.1) is 5.10 Å². The van der Waals surface area contributed by atoms with Crippen LogP contribution >= 0.6 is 0 Å². The van der Waals surface area contributed by atoms with Crippen LogP contribution in [0, 0.1) is 0 Å². The molecule has 2 bridgehead atoms. The summed E-state index contributed by atoms with van der Waals surface area (Å²) in [7, 11) is 1.53. The molecule has 1 aliphatic heterocycles. The fraction of sp³-hybridized carbons (Fsp3) is 0.385. The van der Waals surface area contributed by atoms with E-state index in [2.05, 4.69) is 26.3 Å². The number of benzene rings is 2. The SMILES string of the molecule is COc1cccc2c1OCCCn1cc(nn1)CCNCCNC(=O)[C@H](Cc1ccccc1)NC2=O. The smallest absolute Gasteiger partial charge is 0.255 e. The third-order valence-corrected chi connectivity index (χ3v) is 5.87. The number of fused-ring (bicyclic) bond motifs is 3. The van der Waals surface area contributed by atoms with E-state index in [9.17, 15) is 9.59 Å². The Labute approximate surface area is 210 Å². The molecule has 10 nitrogen and oxygen atoms in total. The van der Waals surface area contributed by atoms with Crippen LogP contribution < -0.4 is 25.4 Å². The summed E-state index contributed by atoms with van der Waals surface area (Å²) in [6.07, 6.45) is 3.69. The number of methoxy groups -OCH3 is 1. The molecule has 10 heteroatoms. The minimum Gasteiger partial charge on any atom is -0.493 e. The van der Waals surface area contributed by atoms with Gasteiger partial charge in [0.25, 0.3) is 5.91 Å². The van der Waals surface area contributed by atoms with Crippen molar-refractivity contribution in [3.63, 3.8) is 0 Å². The predicted molar refractivity (Wildman–Crippen MR) is 134 cm³/mol. The summed E-state index contributed by atoms with van der Waals surface area (Å²) in [6.45, 7) is 2.73. The van der Waals surface area contributed by atoms with E-state index in [1.807, 2.05) is 36.5 Å². The number of ether oxygens (including phenoxy) is 2. The van der Waals surface area contributed by atoms with Crippen molar-refractivity contribution in [1.29, 1.82) is 0 Å². The van der Waals surface area contributed by atoms with Gasteiger partial charge in [-0.2, -0.15) is 0 Å². The van der Waals surface area contributed by atoms with Crippen LogP contribution in [0.1, 0.15) is 28.0 Å². The van der Waals surface area contributed by atoms with Crippen molar-refractivity contribution < 1.29 is 19.1 Å². The van der Waals surface area contributed by atoms with Gasteiger partial charge in [0, 0.05) is 51.6 Å². The molecule has 0 saturated heterocycles. The molecule has 36 heavy (non-hydrogen) atoms. The number of hydrogen-bond acceptors (Lipinski definition) is 7. The lowest BCUT2D eigenvalue weighted by atomic mass is 10.0. The molecular weight excluding hydrogens is 460 g/mol. The minimum absolute atomic E-state index is 0.250. The van der Waals surface area contributed by atoms with Crippen LogP contribution in [0.4, 0.5) is 0 Å². The number of amides is 2. The largest absolute Gasteiger partial charge is 0.493 e. The molecule has 1 aromatic heterocycles. The summed E-state index contributed by atoms with van der Waals surface area (Å²) in [6, 6.07) is 14.0. The molecule has 0 spiro atoms. The Morgan fingerprint density at radius 2 is 1.94 bits per heavy atom.